The summed E-state index contributed by atoms with van der Waals surface area (Å²) in [6, 6.07) is 7.47. The lowest BCUT2D eigenvalue weighted by Gasteiger charge is -2.16. The van der Waals surface area contributed by atoms with Gasteiger partial charge in [-0.15, -0.1) is 12.4 Å². The number of rotatable bonds is 8. The van der Waals surface area contributed by atoms with Crippen LogP contribution in [0.2, 0.25) is 0 Å². The molecule has 0 atom stereocenters. The lowest BCUT2D eigenvalue weighted by molar-refractivity contribution is -0.120. The molecule has 0 aromatic heterocycles. The van der Waals surface area contributed by atoms with E-state index in [2.05, 4.69) is 16.0 Å². The molecule has 2 rings (SSSR count). The van der Waals surface area contributed by atoms with Crippen LogP contribution < -0.4 is 16.0 Å². The first-order valence-corrected chi connectivity index (χ1v) is 8.30. The number of anilines is 1. The molecular weight excluding hydrogens is 344 g/mol. The van der Waals surface area contributed by atoms with Crippen LogP contribution in [0.15, 0.2) is 24.3 Å². The first-order valence-electron chi connectivity index (χ1n) is 8.30. The number of hydrogen-bond donors (Lipinski definition) is 3. The van der Waals surface area contributed by atoms with E-state index >= 15 is 0 Å². The van der Waals surface area contributed by atoms with E-state index in [1.807, 2.05) is 29.2 Å². The number of carbonyl (C=O) groups is 2. The second-order valence-corrected chi connectivity index (χ2v) is 5.77. The molecule has 1 aromatic carbocycles. The molecule has 1 heterocycles. The van der Waals surface area contributed by atoms with Crippen LogP contribution in [0.4, 0.5) is 10.5 Å². The predicted molar refractivity (Wildman–Crippen MR) is 100 cm³/mol. The monoisotopic (exact) mass is 370 g/mol. The minimum Gasteiger partial charge on any atom is -0.383 e. The fourth-order valence-electron chi connectivity index (χ4n) is 2.52. The molecule has 1 aromatic rings. The Bertz CT molecular complexity index is 550. The summed E-state index contributed by atoms with van der Waals surface area (Å²) in [4.78, 5) is 25.6. The summed E-state index contributed by atoms with van der Waals surface area (Å²) in [5.41, 5.74) is 1.69. The number of hydrogen-bond acceptors (Lipinski definition) is 4. The van der Waals surface area contributed by atoms with E-state index in [-0.39, 0.29) is 30.9 Å². The highest BCUT2D eigenvalue weighted by Crippen LogP contribution is 2.14. The van der Waals surface area contributed by atoms with Gasteiger partial charge in [-0.25, -0.2) is 4.79 Å². The number of nitrogens with one attached hydrogen (secondary N) is 3. The highest BCUT2D eigenvalue weighted by Gasteiger charge is 2.17. The van der Waals surface area contributed by atoms with Crippen LogP contribution in [0.25, 0.3) is 0 Å². The van der Waals surface area contributed by atoms with Crippen molar-refractivity contribution in [2.24, 2.45) is 0 Å². The number of nitrogens with zero attached hydrogens (tertiary/aromatic N) is 1. The van der Waals surface area contributed by atoms with E-state index in [1.54, 1.807) is 7.11 Å². The molecular formula is C17H27ClN4O3. The van der Waals surface area contributed by atoms with Gasteiger partial charge in [-0.3, -0.25) is 4.79 Å². The Morgan fingerprint density at radius 3 is 2.72 bits per heavy atom. The Balaban J connectivity index is 0.00000312. The van der Waals surface area contributed by atoms with Gasteiger partial charge in [0.05, 0.1) is 13.2 Å². The highest BCUT2D eigenvalue weighted by molar-refractivity contribution is 5.89. The van der Waals surface area contributed by atoms with Crippen LogP contribution in [-0.4, -0.2) is 56.7 Å². The highest BCUT2D eigenvalue weighted by atomic mass is 35.5. The first kappa shape index (κ1) is 21.2. The van der Waals surface area contributed by atoms with E-state index in [4.69, 9.17) is 4.74 Å². The average Bonchev–Trinajstić information content (AvgIpc) is 3.12. The first-order chi connectivity index (χ1) is 11.7. The average molecular weight is 371 g/mol. The molecule has 1 saturated heterocycles. The minimum atomic E-state index is -0.0717. The third-order valence-electron chi connectivity index (χ3n) is 3.83. The summed E-state index contributed by atoms with van der Waals surface area (Å²) in [6.07, 6.45) is 2.13. The minimum absolute atomic E-state index is 0. The zero-order valence-corrected chi connectivity index (χ0v) is 15.4. The lowest BCUT2D eigenvalue weighted by Crippen LogP contribution is -2.34. The van der Waals surface area contributed by atoms with Gasteiger partial charge >= 0.3 is 6.03 Å². The van der Waals surface area contributed by atoms with E-state index < -0.39 is 0 Å². The molecule has 1 fully saturated rings. The lowest BCUT2D eigenvalue weighted by atomic mass is 10.2. The summed E-state index contributed by atoms with van der Waals surface area (Å²) in [5.74, 6) is -0.0717. The van der Waals surface area contributed by atoms with Gasteiger partial charge in [-0.1, -0.05) is 12.1 Å². The number of methoxy groups -OCH3 is 1. The van der Waals surface area contributed by atoms with Crippen molar-refractivity contribution in [3.63, 3.8) is 0 Å². The number of carbonyl (C=O) groups excluding carboxylic acids is 2. The van der Waals surface area contributed by atoms with Gasteiger partial charge in [0.2, 0.25) is 5.91 Å². The number of halogens is 1. The molecule has 8 heteroatoms. The number of amides is 3. The van der Waals surface area contributed by atoms with Gasteiger partial charge in [0.15, 0.2) is 0 Å². The molecule has 25 heavy (non-hydrogen) atoms. The van der Waals surface area contributed by atoms with Gasteiger partial charge in [0.25, 0.3) is 0 Å². The summed E-state index contributed by atoms with van der Waals surface area (Å²) in [5, 5.41) is 8.75. The van der Waals surface area contributed by atoms with Crippen LogP contribution in [0.5, 0.6) is 0 Å². The number of benzene rings is 1. The molecule has 140 valence electrons. The number of urea groups is 1. The Morgan fingerprint density at radius 1 is 1.24 bits per heavy atom. The molecule has 0 aliphatic carbocycles. The Morgan fingerprint density at radius 2 is 2.00 bits per heavy atom. The largest absolute Gasteiger partial charge is 0.383 e. The van der Waals surface area contributed by atoms with E-state index in [9.17, 15) is 9.59 Å². The number of likely N-dealkylation sites (tertiary alicyclic amines) is 1. The molecule has 3 N–H and O–H groups in total. The Hall–Kier alpha value is -1.83. The topological polar surface area (TPSA) is 82.7 Å². The molecule has 3 amide bonds. The van der Waals surface area contributed by atoms with Gasteiger partial charge < -0.3 is 25.6 Å². The van der Waals surface area contributed by atoms with Crippen molar-refractivity contribution in [3.8, 4) is 0 Å². The maximum Gasteiger partial charge on any atom is 0.321 e. The maximum absolute atomic E-state index is 12.1. The predicted octanol–water partition coefficient (Wildman–Crippen LogP) is 1.59. The SMILES string of the molecule is COCCNCC(=O)NCc1cccc(NC(=O)N2CCCC2)c1.Cl. The Kier molecular flexibility index (Phi) is 9.91. The van der Waals surface area contributed by atoms with Crippen molar-refractivity contribution in [3.05, 3.63) is 29.8 Å². The van der Waals surface area contributed by atoms with Crippen molar-refractivity contribution in [1.82, 2.24) is 15.5 Å². The van der Waals surface area contributed by atoms with Crippen molar-refractivity contribution in [1.29, 1.82) is 0 Å². The summed E-state index contributed by atoms with van der Waals surface area (Å²) in [7, 11) is 1.62. The van der Waals surface area contributed by atoms with Gasteiger partial charge in [-0.05, 0) is 30.5 Å². The van der Waals surface area contributed by atoms with Crippen molar-refractivity contribution in [2.45, 2.75) is 19.4 Å². The van der Waals surface area contributed by atoms with E-state index in [1.165, 1.54) is 0 Å². The zero-order chi connectivity index (χ0) is 17.2. The van der Waals surface area contributed by atoms with Gasteiger partial charge in [0.1, 0.15) is 0 Å². The molecule has 1 aliphatic heterocycles. The fourth-order valence-corrected chi connectivity index (χ4v) is 2.52. The summed E-state index contributed by atoms with van der Waals surface area (Å²) < 4.78 is 4.90. The van der Waals surface area contributed by atoms with Crippen molar-refractivity contribution >= 4 is 30.0 Å². The van der Waals surface area contributed by atoms with Crippen LogP contribution in [-0.2, 0) is 16.1 Å². The molecule has 7 nitrogen and oxygen atoms in total. The molecule has 0 bridgehead atoms. The van der Waals surface area contributed by atoms with Crippen molar-refractivity contribution < 1.29 is 14.3 Å². The third kappa shape index (κ3) is 7.72. The quantitative estimate of drug-likeness (QED) is 0.607. The van der Waals surface area contributed by atoms with Gasteiger partial charge in [-0.2, -0.15) is 0 Å². The maximum atomic E-state index is 12.1. The summed E-state index contributed by atoms with van der Waals surface area (Å²) in [6.45, 7) is 3.54. The second kappa shape index (κ2) is 11.7. The summed E-state index contributed by atoms with van der Waals surface area (Å²) >= 11 is 0. The molecule has 0 radical (unpaired) electrons. The second-order valence-electron chi connectivity index (χ2n) is 5.77. The van der Waals surface area contributed by atoms with Crippen LogP contribution >= 0.6 is 12.4 Å². The third-order valence-corrected chi connectivity index (χ3v) is 3.83. The molecule has 0 saturated carbocycles. The zero-order valence-electron chi connectivity index (χ0n) is 14.5. The molecule has 1 aliphatic rings. The fraction of sp³-hybridized carbons (Fsp3) is 0.529. The molecule has 0 unspecified atom stereocenters. The van der Waals surface area contributed by atoms with Crippen molar-refractivity contribution in [2.75, 3.05) is 45.2 Å². The smallest absolute Gasteiger partial charge is 0.321 e. The van der Waals surface area contributed by atoms with E-state index in [0.29, 0.717) is 19.7 Å². The van der Waals surface area contributed by atoms with Crippen LogP contribution in [0, 0.1) is 0 Å². The number of ether oxygens (including phenoxy) is 1. The normalized spacial score (nSPS) is 13.2. The standard InChI is InChI=1S/C17H26N4O3.ClH/c1-24-10-7-18-13-16(22)19-12-14-5-4-6-15(11-14)20-17(23)21-8-2-3-9-21;/h4-6,11,18H,2-3,7-10,12-13H2,1H3,(H,19,22)(H,20,23);1H. The molecule has 0 spiro atoms. The van der Waals surface area contributed by atoms with Gasteiger partial charge in [0, 0.05) is 39.0 Å². The Labute approximate surface area is 154 Å². The van der Waals surface area contributed by atoms with Crippen LogP contribution in [0.3, 0.4) is 0 Å². The van der Waals surface area contributed by atoms with Crippen LogP contribution in [0.1, 0.15) is 18.4 Å². The van der Waals surface area contributed by atoms with E-state index in [0.717, 1.165) is 37.2 Å².